The van der Waals surface area contributed by atoms with E-state index < -0.39 is 11.7 Å². The minimum absolute atomic E-state index is 0.575. The first kappa shape index (κ1) is 16.6. The lowest BCUT2D eigenvalue weighted by atomic mass is 9.97. The van der Waals surface area contributed by atoms with Crippen molar-refractivity contribution < 1.29 is 18.4 Å². The van der Waals surface area contributed by atoms with E-state index in [-0.39, 0.29) is 0 Å². The number of nitrogens with zero attached hydrogens (tertiary/aromatic N) is 1. The summed E-state index contributed by atoms with van der Waals surface area (Å²) < 4.78 is 37.9. The van der Waals surface area contributed by atoms with Crippen LogP contribution in [0.4, 0.5) is 13.2 Å². The van der Waals surface area contributed by atoms with E-state index in [2.05, 4.69) is 12.1 Å². The molecule has 0 unspecified atom stereocenters. The van der Waals surface area contributed by atoms with E-state index in [0.29, 0.717) is 17.7 Å². The first-order valence-electron chi connectivity index (χ1n) is 7.58. The van der Waals surface area contributed by atoms with Crippen LogP contribution in [0.15, 0.2) is 35.0 Å². The maximum absolute atomic E-state index is 12.6. The van der Waals surface area contributed by atoms with Crippen LogP contribution in [0.25, 0.3) is 5.57 Å². The zero-order valence-electron chi connectivity index (χ0n) is 12.6. The van der Waals surface area contributed by atoms with Gasteiger partial charge in [0.25, 0.3) is 0 Å². The van der Waals surface area contributed by atoms with Gasteiger partial charge >= 0.3 is 6.18 Å². The summed E-state index contributed by atoms with van der Waals surface area (Å²) in [5.74, 6) is 0. The third-order valence-electron chi connectivity index (χ3n) is 4.01. The average Bonchev–Trinajstić information content (AvgIpc) is 2.90. The summed E-state index contributed by atoms with van der Waals surface area (Å²) in [6.07, 6.45) is 1.32. The van der Waals surface area contributed by atoms with Crippen LogP contribution in [-0.2, 0) is 6.18 Å². The lowest BCUT2D eigenvalue weighted by Crippen LogP contribution is -2.05. The Morgan fingerprint density at radius 1 is 1.09 bits per heavy atom. The van der Waals surface area contributed by atoms with Crippen LogP contribution in [0, 0.1) is 0 Å². The number of oxime groups is 1. The SMILES string of the molecule is CCCCCC1=C(c2ccc(C(F)(F)F)cc2)C(=NO)CC1. The molecule has 0 fully saturated rings. The Hall–Kier alpha value is -1.78. The van der Waals surface area contributed by atoms with E-state index in [9.17, 15) is 13.2 Å². The lowest BCUT2D eigenvalue weighted by Gasteiger charge is -2.11. The first-order chi connectivity index (χ1) is 10.5. The van der Waals surface area contributed by atoms with E-state index in [1.54, 1.807) is 0 Å². The van der Waals surface area contributed by atoms with Crippen LogP contribution < -0.4 is 0 Å². The monoisotopic (exact) mass is 311 g/mol. The summed E-state index contributed by atoms with van der Waals surface area (Å²) in [6, 6.07) is 5.10. The smallest absolute Gasteiger partial charge is 0.411 e. The minimum Gasteiger partial charge on any atom is -0.411 e. The Kier molecular flexibility index (Phi) is 5.27. The van der Waals surface area contributed by atoms with Crippen molar-refractivity contribution in [3.63, 3.8) is 0 Å². The first-order valence-corrected chi connectivity index (χ1v) is 7.58. The number of benzene rings is 1. The van der Waals surface area contributed by atoms with Crippen molar-refractivity contribution in [3.05, 3.63) is 41.0 Å². The van der Waals surface area contributed by atoms with Crippen molar-refractivity contribution in [1.82, 2.24) is 0 Å². The molecule has 0 heterocycles. The molecule has 0 spiro atoms. The lowest BCUT2D eigenvalue weighted by molar-refractivity contribution is -0.137. The molecule has 5 heteroatoms. The topological polar surface area (TPSA) is 32.6 Å². The fraction of sp³-hybridized carbons (Fsp3) is 0.471. The van der Waals surface area contributed by atoms with E-state index >= 15 is 0 Å². The predicted octanol–water partition coefficient (Wildman–Crippen LogP) is 5.66. The third-order valence-corrected chi connectivity index (χ3v) is 4.01. The van der Waals surface area contributed by atoms with Gasteiger partial charge in [-0.15, -0.1) is 0 Å². The highest BCUT2D eigenvalue weighted by Crippen LogP contribution is 2.36. The van der Waals surface area contributed by atoms with Gasteiger partial charge in [0.2, 0.25) is 0 Å². The summed E-state index contributed by atoms with van der Waals surface area (Å²) in [6.45, 7) is 2.13. The van der Waals surface area contributed by atoms with Gasteiger partial charge < -0.3 is 5.21 Å². The Morgan fingerprint density at radius 3 is 2.32 bits per heavy atom. The summed E-state index contributed by atoms with van der Waals surface area (Å²) >= 11 is 0. The molecule has 1 N–H and O–H groups in total. The largest absolute Gasteiger partial charge is 0.416 e. The van der Waals surface area contributed by atoms with Crippen LogP contribution in [0.1, 0.15) is 56.6 Å². The van der Waals surface area contributed by atoms with Crippen molar-refractivity contribution in [2.45, 2.75) is 51.6 Å². The number of unbranched alkanes of at least 4 members (excludes halogenated alkanes) is 2. The zero-order valence-corrected chi connectivity index (χ0v) is 12.6. The van der Waals surface area contributed by atoms with Gasteiger partial charge in [-0.1, -0.05) is 42.6 Å². The molecule has 0 amide bonds. The highest BCUT2D eigenvalue weighted by Gasteiger charge is 2.30. The molecule has 1 aromatic rings. The zero-order chi connectivity index (χ0) is 16.2. The number of allylic oxidation sites excluding steroid dienone is 2. The number of alkyl halides is 3. The maximum Gasteiger partial charge on any atom is 0.416 e. The van der Waals surface area contributed by atoms with Gasteiger partial charge in [-0.05, 0) is 43.4 Å². The van der Waals surface area contributed by atoms with Crippen molar-refractivity contribution in [1.29, 1.82) is 0 Å². The molecule has 0 aliphatic heterocycles. The van der Waals surface area contributed by atoms with E-state index in [0.717, 1.165) is 49.8 Å². The molecule has 0 radical (unpaired) electrons. The van der Waals surface area contributed by atoms with E-state index in [1.165, 1.54) is 17.7 Å². The molecule has 120 valence electrons. The van der Waals surface area contributed by atoms with Crippen molar-refractivity contribution in [3.8, 4) is 0 Å². The number of halogens is 3. The van der Waals surface area contributed by atoms with Crippen LogP contribution in [0.3, 0.4) is 0 Å². The minimum atomic E-state index is -4.33. The molecular formula is C17H20F3NO. The number of rotatable bonds is 5. The Labute approximate surface area is 128 Å². The van der Waals surface area contributed by atoms with Crippen LogP contribution >= 0.6 is 0 Å². The summed E-state index contributed by atoms with van der Waals surface area (Å²) in [4.78, 5) is 0. The second-order valence-electron chi connectivity index (χ2n) is 5.56. The van der Waals surface area contributed by atoms with Crippen molar-refractivity contribution in [2.24, 2.45) is 5.16 Å². The second kappa shape index (κ2) is 6.99. The van der Waals surface area contributed by atoms with Gasteiger partial charge in [-0.3, -0.25) is 0 Å². The number of hydrogen-bond donors (Lipinski definition) is 1. The standard InChI is InChI=1S/C17H20F3NO/c1-2-3-4-5-12-8-11-15(21-22)16(12)13-6-9-14(10-7-13)17(18,19)20/h6-7,9-10,22H,2-5,8,11H2,1H3. The molecule has 1 aliphatic carbocycles. The molecule has 0 bridgehead atoms. The fourth-order valence-corrected chi connectivity index (χ4v) is 2.86. The van der Waals surface area contributed by atoms with Gasteiger partial charge in [0.05, 0.1) is 11.3 Å². The Morgan fingerprint density at radius 2 is 1.77 bits per heavy atom. The molecule has 0 aromatic heterocycles. The third kappa shape index (κ3) is 3.70. The molecular weight excluding hydrogens is 291 g/mol. The molecule has 2 rings (SSSR count). The van der Waals surface area contributed by atoms with Crippen LogP contribution in [-0.4, -0.2) is 10.9 Å². The van der Waals surface area contributed by atoms with Gasteiger partial charge in [0.1, 0.15) is 0 Å². The average molecular weight is 311 g/mol. The van der Waals surface area contributed by atoms with Gasteiger partial charge in [-0.25, -0.2) is 0 Å². The van der Waals surface area contributed by atoms with Crippen molar-refractivity contribution in [2.75, 3.05) is 0 Å². The normalized spacial score (nSPS) is 17.5. The molecule has 1 aliphatic rings. The Bertz CT molecular complexity index is 571. The van der Waals surface area contributed by atoms with Gasteiger partial charge in [-0.2, -0.15) is 13.2 Å². The highest BCUT2D eigenvalue weighted by atomic mass is 19.4. The number of hydrogen-bond acceptors (Lipinski definition) is 2. The second-order valence-corrected chi connectivity index (χ2v) is 5.56. The van der Waals surface area contributed by atoms with Crippen LogP contribution in [0.2, 0.25) is 0 Å². The quantitative estimate of drug-likeness (QED) is 0.424. The summed E-state index contributed by atoms with van der Waals surface area (Å²) in [7, 11) is 0. The van der Waals surface area contributed by atoms with E-state index in [4.69, 9.17) is 5.21 Å². The molecule has 1 aromatic carbocycles. The van der Waals surface area contributed by atoms with Gasteiger partial charge in [0.15, 0.2) is 0 Å². The summed E-state index contributed by atoms with van der Waals surface area (Å²) in [5, 5.41) is 12.5. The highest BCUT2D eigenvalue weighted by molar-refractivity contribution is 6.26. The maximum atomic E-state index is 12.6. The predicted molar refractivity (Wildman–Crippen MR) is 81.0 cm³/mol. The van der Waals surface area contributed by atoms with Crippen LogP contribution in [0.5, 0.6) is 0 Å². The molecule has 2 nitrogen and oxygen atoms in total. The molecule has 0 saturated heterocycles. The van der Waals surface area contributed by atoms with E-state index in [1.807, 2.05) is 0 Å². The fourth-order valence-electron chi connectivity index (χ4n) is 2.86. The summed E-state index contributed by atoms with van der Waals surface area (Å²) in [5.41, 5.74) is 2.62. The molecule has 22 heavy (non-hydrogen) atoms. The van der Waals surface area contributed by atoms with Gasteiger partial charge in [0, 0.05) is 5.57 Å². The molecule has 0 saturated carbocycles. The van der Waals surface area contributed by atoms with Crippen molar-refractivity contribution >= 4 is 11.3 Å². The Balaban J connectivity index is 2.30. The molecule has 0 atom stereocenters.